The Labute approximate surface area is 128 Å². The number of allylic oxidation sites excluding steroid dienone is 1. The number of rotatable bonds is 2. The molecule has 3 rings (SSSR count). The molecule has 0 saturated heterocycles. The van der Waals surface area contributed by atoms with E-state index in [2.05, 4.69) is 9.72 Å². The number of halogens is 1. The van der Waals surface area contributed by atoms with Gasteiger partial charge >= 0.3 is 5.97 Å². The van der Waals surface area contributed by atoms with Gasteiger partial charge in [-0.15, -0.1) is 0 Å². The lowest BCUT2D eigenvalue weighted by Crippen LogP contribution is -2.09. The molecule has 0 N–H and O–H groups in total. The lowest BCUT2D eigenvalue weighted by molar-refractivity contribution is -0.134. The number of carbonyl (C=O) groups excluding carboxylic acids is 1. The van der Waals surface area contributed by atoms with Gasteiger partial charge in [0.2, 0.25) is 0 Å². The van der Waals surface area contributed by atoms with Gasteiger partial charge in [0.25, 0.3) is 0 Å². The van der Waals surface area contributed by atoms with Gasteiger partial charge in [-0.25, -0.2) is 9.18 Å². The predicted octanol–water partition coefficient (Wildman–Crippen LogP) is 4.13. The number of hydrogen-bond acceptors (Lipinski definition) is 3. The number of benzene rings is 1. The molecule has 0 atom stereocenters. The summed E-state index contributed by atoms with van der Waals surface area (Å²) in [4.78, 5) is 15.6. The molecule has 0 amide bonds. The van der Waals surface area contributed by atoms with Crippen molar-refractivity contribution in [2.24, 2.45) is 0 Å². The van der Waals surface area contributed by atoms with Crippen LogP contribution in [0.3, 0.4) is 0 Å². The molecule has 0 aliphatic heterocycles. The van der Waals surface area contributed by atoms with Gasteiger partial charge in [0.05, 0.1) is 12.6 Å². The summed E-state index contributed by atoms with van der Waals surface area (Å²) in [6, 6.07) is 6.72. The second kappa shape index (κ2) is 6.26. The van der Waals surface area contributed by atoms with E-state index in [1.165, 1.54) is 13.2 Å². The molecule has 1 aliphatic rings. The lowest BCUT2D eigenvalue weighted by atomic mass is 9.80. The number of aromatic nitrogens is 1. The lowest BCUT2D eigenvalue weighted by Gasteiger charge is -2.25. The van der Waals surface area contributed by atoms with E-state index in [1.54, 1.807) is 24.4 Å². The topological polar surface area (TPSA) is 39.2 Å². The van der Waals surface area contributed by atoms with Crippen LogP contribution < -0.4 is 0 Å². The second-order valence-corrected chi connectivity index (χ2v) is 5.66. The van der Waals surface area contributed by atoms with Gasteiger partial charge in [-0.2, -0.15) is 0 Å². The van der Waals surface area contributed by atoms with E-state index in [0.29, 0.717) is 5.92 Å². The summed E-state index contributed by atoms with van der Waals surface area (Å²) in [5.41, 5.74) is 3.11. The van der Waals surface area contributed by atoms with E-state index < -0.39 is 0 Å². The number of pyridine rings is 1. The Hall–Kier alpha value is -2.23. The Kier molecular flexibility index (Phi) is 4.18. The summed E-state index contributed by atoms with van der Waals surface area (Å²) >= 11 is 0. The fourth-order valence-electron chi connectivity index (χ4n) is 3.17. The molecule has 1 fully saturated rings. The van der Waals surface area contributed by atoms with Crippen LogP contribution in [-0.4, -0.2) is 18.1 Å². The van der Waals surface area contributed by atoms with Gasteiger partial charge in [-0.3, -0.25) is 4.98 Å². The molecule has 1 aromatic carbocycles. The van der Waals surface area contributed by atoms with Crippen LogP contribution in [0.2, 0.25) is 0 Å². The maximum atomic E-state index is 13.5. The van der Waals surface area contributed by atoms with Crippen molar-refractivity contribution in [3.05, 3.63) is 53.5 Å². The maximum Gasteiger partial charge on any atom is 0.330 e. The fourth-order valence-corrected chi connectivity index (χ4v) is 3.17. The van der Waals surface area contributed by atoms with E-state index in [1.807, 2.05) is 6.07 Å². The van der Waals surface area contributed by atoms with Gasteiger partial charge in [0.15, 0.2) is 0 Å². The first kappa shape index (κ1) is 14.7. The smallest absolute Gasteiger partial charge is 0.330 e. The number of hydrogen-bond donors (Lipinski definition) is 0. The summed E-state index contributed by atoms with van der Waals surface area (Å²) < 4.78 is 18.2. The van der Waals surface area contributed by atoms with Crippen molar-refractivity contribution in [3.63, 3.8) is 0 Å². The molecule has 22 heavy (non-hydrogen) atoms. The molecule has 3 nitrogen and oxygen atoms in total. The van der Waals surface area contributed by atoms with Gasteiger partial charge in [-0.05, 0) is 61.4 Å². The van der Waals surface area contributed by atoms with Gasteiger partial charge in [0.1, 0.15) is 5.82 Å². The molecule has 0 spiro atoms. The zero-order chi connectivity index (χ0) is 15.5. The summed E-state index contributed by atoms with van der Waals surface area (Å²) in [5, 5.41) is 0.896. The fraction of sp³-hybridized carbons (Fsp3) is 0.333. The average molecular weight is 299 g/mol. The van der Waals surface area contributed by atoms with Crippen molar-refractivity contribution in [1.29, 1.82) is 0 Å². The molecular weight excluding hydrogens is 281 g/mol. The minimum atomic E-state index is -0.287. The van der Waals surface area contributed by atoms with Gasteiger partial charge in [0, 0.05) is 17.7 Å². The Morgan fingerprint density at radius 3 is 2.82 bits per heavy atom. The minimum absolute atomic E-state index is 0.233. The van der Waals surface area contributed by atoms with Crippen LogP contribution in [0.1, 0.15) is 37.2 Å². The largest absolute Gasteiger partial charge is 0.466 e. The third-order valence-electron chi connectivity index (χ3n) is 4.33. The SMILES string of the molecule is COC(=O)C=C1CCC(c2ccnc3ccc(F)cc23)CC1. The maximum absolute atomic E-state index is 13.5. The molecule has 0 bridgehead atoms. The third-order valence-corrected chi connectivity index (χ3v) is 4.33. The third kappa shape index (κ3) is 3.01. The van der Waals surface area contributed by atoms with Crippen molar-refractivity contribution >= 4 is 16.9 Å². The molecule has 2 aromatic rings. The molecule has 1 saturated carbocycles. The highest BCUT2D eigenvalue weighted by Crippen LogP contribution is 2.38. The number of methoxy groups -OCH3 is 1. The number of esters is 1. The van der Waals surface area contributed by atoms with Crippen LogP contribution in [0.5, 0.6) is 0 Å². The van der Waals surface area contributed by atoms with E-state index in [9.17, 15) is 9.18 Å². The average Bonchev–Trinajstić information content (AvgIpc) is 2.55. The number of nitrogens with zero attached hydrogens (tertiary/aromatic N) is 1. The standard InChI is InChI=1S/C18H18FNO2/c1-22-18(21)10-12-2-4-13(5-3-12)15-8-9-20-17-7-6-14(19)11-16(15)17/h6-11,13H,2-5H2,1H3. The summed E-state index contributed by atoms with van der Waals surface area (Å²) in [5.74, 6) is -0.143. The minimum Gasteiger partial charge on any atom is -0.466 e. The first-order chi connectivity index (χ1) is 10.7. The highest BCUT2D eigenvalue weighted by Gasteiger charge is 2.21. The van der Waals surface area contributed by atoms with Crippen molar-refractivity contribution < 1.29 is 13.9 Å². The van der Waals surface area contributed by atoms with Crippen LogP contribution in [0, 0.1) is 5.82 Å². The molecule has 114 valence electrons. The van der Waals surface area contributed by atoms with Gasteiger partial charge in [-0.1, -0.05) is 5.57 Å². The molecule has 1 aliphatic carbocycles. The van der Waals surface area contributed by atoms with E-state index >= 15 is 0 Å². The zero-order valence-corrected chi connectivity index (χ0v) is 12.5. The highest BCUT2D eigenvalue weighted by molar-refractivity contribution is 5.83. The van der Waals surface area contributed by atoms with E-state index in [4.69, 9.17) is 0 Å². The monoisotopic (exact) mass is 299 g/mol. The van der Waals surface area contributed by atoms with Crippen LogP contribution in [0.25, 0.3) is 10.9 Å². The van der Waals surface area contributed by atoms with Gasteiger partial charge < -0.3 is 4.74 Å². The van der Waals surface area contributed by atoms with Crippen LogP contribution >= 0.6 is 0 Å². The number of fused-ring (bicyclic) bond motifs is 1. The van der Waals surface area contributed by atoms with E-state index in [-0.39, 0.29) is 11.8 Å². The van der Waals surface area contributed by atoms with Crippen LogP contribution in [0.4, 0.5) is 4.39 Å². The normalized spacial score (nSPS) is 18.3. The van der Waals surface area contributed by atoms with E-state index in [0.717, 1.165) is 47.7 Å². The van der Waals surface area contributed by atoms with Crippen molar-refractivity contribution in [1.82, 2.24) is 4.98 Å². The quantitative estimate of drug-likeness (QED) is 0.618. The van der Waals surface area contributed by atoms with Crippen molar-refractivity contribution in [2.45, 2.75) is 31.6 Å². The highest BCUT2D eigenvalue weighted by atomic mass is 19.1. The summed E-state index contributed by atoms with van der Waals surface area (Å²) in [6.45, 7) is 0. The molecular formula is C18H18FNO2. The second-order valence-electron chi connectivity index (χ2n) is 5.66. The Morgan fingerprint density at radius 1 is 1.32 bits per heavy atom. The molecule has 4 heteroatoms. The molecule has 0 radical (unpaired) electrons. The zero-order valence-electron chi connectivity index (χ0n) is 12.5. The van der Waals surface area contributed by atoms with Crippen LogP contribution in [-0.2, 0) is 9.53 Å². The summed E-state index contributed by atoms with van der Waals surface area (Å²) in [6.07, 6.45) is 7.05. The molecule has 1 aromatic heterocycles. The molecule has 0 unspecified atom stereocenters. The molecule has 1 heterocycles. The number of ether oxygens (including phenoxy) is 1. The van der Waals surface area contributed by atoms with Crippen molar-refractivity contribution in [3.8, 4) is 0 Å². The van der Waals surface area contributed by atoms with Crippen LogP contribution in [0.15, 0.2) is 42.1 Å². The Morgan fingerprint density at radius 2 is 2.09 bits per heavy atom. The summed E-state index contributed by atoms with van der Waals surface area (Å²) in [7, 11) is 1.39. The first-order valence-electron chi connectivity index (χ1n) is 7.49. The first-order valence-corrected chi connectivity index (χ1v) is 7.49. The predicted molar refractivity (Wildman–Crippen MR) is 83.0 cm³/mol. The number of carbonyl (C=O) groups is 1. The Balaban J connectivity index is 1.84. The Bertz CT molecular complexity index is 729. The van der Waals surface area contributed by atoms with Crippen molar-refractivity contribution in [2.75, 3.05) is 7.11 Å².